The zero-order chi connectivity index (χ0) is 27.6. The average Bonchev–Trinajstić information content (AvgIpc) is 3.79. The number of likely N-dealkylation sites (N-methyl/N-ethyl adjacent to an activating group) is 1. The Morgan fingerprint density at radius 1 is 0.800 bits per heavy atom. The third kappa shape index (κ3) is 4.93. The van der Waals surface area contributed by atoms with Crippen molar-refractivity contribution in [1.82, 2.24) is 34.6 Å². The fourth-order valence-electron chi connectivity index (χ4n) is 6.10. The molecule has 4 heterocycles. The highest BCUT2D eigenvalue weighted by Crippen LogP contribution is 2.36. The molecule has 2 fully saturated rings. The summed E-state index contributed by atoms with van der Waals surface area (Å²) in [4.78, 5) is 49.0. The summed E-state index contributed by atoms with van der Waals surface area (Å²) in [5.41, 5.74) is 3.32. The van der Waals surface area contributed by atoms with E-state index in [0.29, 0.717) is 18.7 Å². The van der Waals surface area contributed by atoms with E-state index < -0.39 is 0 Å². The Labute approximate surface area is 234 Å². The van der Waals surface area contributed by atoms with Crippen LogP contribution in [0.25, 0.3) is 11.4 Å². The van der Waals surface area contributed by atoms with E-state index in [2.05, 4.69) is 15.0 Å². The molecule has 0 saturated carbocycles. The van der Waals surface area contributed by atoms with Crippen molar-refractivity contribution >= 4 is 11.8 Å². The van der Waals surface area contributed by atoms with Gasteiger partial charge in [0.15, 0.2) is 0 Å². The summed E-state index contributed by atoms with van der Waals surface area (Å²) in [6.45, 7) is 1.42. The molecule has 0 bridgehead atoms. The van der Waals surface area contributed by atoms with E-state index in [0.717, 1.165) is 54.3 Å². The molecular weight excluding hydrogens is 502 g/mol. The van der Waals surface area contributed by atoms with E-state index in [1.165, 1.54) is 0 Å². The number of H-pyrrole nitrogens is 2. The van der Waals surface area contributed by atoms with Gasteiger partial charge in [-0.1, -0.05) is 48.5 Å². The molecule has 2 aliphatic rings. The molecule has 2 N–H and O–H groups in total. The number of rotatable bonds is 7. The molecule has 2 aromatic heterocycles. The molecule has 2 aromatic carbocycles. The maximum atomic E-state index is 13.8. The van der Waals surface area contributed by atoms with E-state index in [9.17, 15) is 9.59 Å². The average molecular weight is 538 g/mol. The van der Waals surface area contributed by atoms with Gasteiger partial charge in [-0.15, -0.1) is 0 Å². The van der Waals surface area contributed by atoms with Crippen molar-refractivity contribution in [2.24, 2.45) is 0 Å². The molecule has 0 aliphatic carbocycles. The molecule has 6 rings (SSSR count). The molecule has 4 aromatic rings. The molecule has 40 heavy (non-hydrogen) atoms. The lowest BCUT2D eigenvalue weighted by Gasteiger charge is -2.31. The monoisotopic (exact) mass is 537 g/mol. The second-order valence-corrected chi connectivity index (χ2v) is 10.9. The molecule has 0 radical (unpaired) electrons. The van der Waals surface area contributed by atoms with E-state index in [4.69, 9.17) is 4.98 Å². The van der Waals surface area contributed by atoms with Gasteiger partial charge in [0.2, 0.25) is 5.91 Å². The number of aromatic nitrogens is 4. The number of carbonyl (C=O) groups excluding carboxylic acids is 2. The minimum Gasteiger partial charge on any atom is -0.339 e. The number of hydrogen-bond donors (Lipinski definition) is 2. The highest BCUT2D eigenvalue weighted by molar-refractivity contribution is 5.94. The molecule has 2 saturated heterocycles. The van der Waals surface area contributed by atoms with Crippen LogP contribution < -0.4 is 0 Å². The minimum atomic E-state index is -0.348. The normalized spacial score (nSPS) is 19.9. The van der Waals surface area contributed by atoms with Crippen molar-refractivity contribution in [2.75, 3.05) is 27.2 Å². The van der Waals surface area contributed by atoms with E-state index in [1.807, 2.05) is 89.5 Å². The van der Waals surface area contributed by atoms with Crippen LogP contribution in [0.2, 0.25) is 0 Å². The molecule has 206 valence electrons. The third-order valence-corrected chi connectivity index (χ3v) is 8.05. The van der Waals surface area contributed by atoms with Crippen molar-refractivity contribution in [2.45, 2.75) is 43.8 Å². The predicted octanol–water partition coefficient (Wildman–Crippen LogP) is 4.74. The molecule has 0 spiro atoms. The van der Waals surface area contributed by atoms with E-state index in [-0.39, 0.29) is 29.9 Å². The first-order valence-corrected chi connectivity index (χ1v) is 14.0. The lowest BCUT2D eigenvalue weighted by Crippen LogP contribution is -2.40. The van der Waals surface area contributed by atoms with Crippen LogP contribution >= 0.6 is 0 Å². The zero-order valence-electron chi connectivity index (χ0n) is 23.0. The topological polar surface area (TPSA) is 101 Å². The summed E-state index contributed by atoms with van der Waals surface area (Å²) in [5.74, 6) is 1.68. The minimum absolute atomic E-state index is 0.0300. The first kappa shape index (κ1) is 26.0. The van der Waals surface area contributed by atoms with Crippen molar-refractivity contribution in [3.8, 4) is 11.4 Å². The summed E-state index contributed by atoms with van der Waals surface area (Å²) >= 11 is 0. The Kier molecular flexibility index (Phi) is 7.21. The van der Waals surface area contributed by atoms with Crippen LogP contribution in [0.5, 0.6) is 0 Å². The van der Waals surface area contributed by atoms with Gasteiger partial charge in [0.1, 0.15) is 17.7 Å². The van der Waals surface area contributed by atoms with Crippen LogP contribution in [0.4, 0.5) is 0 Å². The summed E-state index contributed by atoms with van der Waals surface area (Å²) in [6.07, 6.45) is 7.20. The molecule has 0 unspecified atom stereocenters. The Bertz CT molecular complexity index is 1460. The second-order valence-electron chi connectivity index (χ2n) is 10.9. The van der Waals surface area contributed by atoms with Crippen LogP contribution in [0, 0.1) is 0 Å². The number of nitrogens with one attached hydrogen (secondary N) is 2. The van der Waals surface area contributed by atoms with Gasteiger partial charge in [0.25, 0.3) is 5.91 Å². The van der Waals surface area contributed by atoms with E-state index in [1.54, 1.807) is 12.4 Å². The number of hydrogen-bond acceptors (Lipinski definition) is 5. The van der Waals surface area contributed by atoms with E-state index >= 15 is 0 Å². The Balaban J connectivity index is 1.19. The van der Waals surface area contributed by atoms with Gasteiger partial charge in [0.05, 0.1) is 35.9 Å². The first-order valence-electron chi connectivity index (χ1n) is 14.0. The number of amides is 2. The molecular formula is C31H35N7O2. The predicted molar refractivity (Wildman–Crippen MR) is 152 cm³/mol. The van der Waals surface area contributed by atoms with Crippen LogP contribution in [-0.2, 0) is 4.79 Å². The van der Waals surface area contributed by atoms with Crippen LogP contribution in [0.15, 0.2) is 73.1 Å². The highest BCUT2D eigenvalue weighted by atomic mass is 16.2. The van der Waals surface area contributed by atoms with Gasteiger partial charge < -0.3 is 19.8 Å². The van der Waals surface area contributed by atoms with Crippen molar-refractivity contribution in [3.05, 3.63) is 95.8 Å². The van der Waals surface area contributed by atoms with Crippen LogP contribution in [-0.4, -0.2) is 73.6 Å². The van der Waals surface area contributed by atoms with Gasteiger partial charge in [0, 0.05) is 18.7 Å². The third-order valence-electron chi connectivity index (χ3n) is 8.05. The Morgan fingerprint density at radius 3 is 1.90 bits per heavy atom. The largest absolute Gasteiger partial charge is 0.339 e. The summed E-state index contributed by atoms with van der Waals surface area (Å²) < 4.78 is 0. The molecule has 9 heteroatoms. The number of benzene rings is 2. The second kappa shape index (κ2) is 11.1. The van der Waals surface area contributed by atoms with Crippen molar-refractivity contribution < 1.29 is 9.59 Å². The maximum absolute atomic E-state index is 13.8. The lowest BCUT2D eigenvalue weighted by atomic mass is 10.0. The SMILES string of the molecule is CN(C)[C@@H](C(=O)N1CCC[C@H]1c1ncc(-c2cnc([C@@H]3CCCN3C(=O)c3ccccc3)[nH]2)[nH]1)c1ccccc1. The summed E-state index contributed by atoms with van der Waals surface area (Å²) in [6, 6.07) is 18.8. The van der Waals surface area contributed by atoms with Gasteiger partial charge in [-0.25, -0.2) is 9.97 Å². The number of aromatic amines is 2. The van der Waals surface area contributed by atoms with Gasteiger partial charge >= 0.3 is 0 Å². The van der Waals surface area contributed by atoms with Crippen molar-refractivity contribution in [1.29, 1.82) is 0 Å². The fraction of sp³-hybridized carbons (Fsp3) is 0.355. The van der Waals surface area contributed by atoms with Gasteiger partial charge in [-0.3, -0.25) is 14.5 Å². The number of imidazole rings is 2. The molecule has 2 amide bonds. The van der Waals surface area contributed by atoms with Crippen LogP contribution in [0.1, 0.15) is 71.4 Å². The number of nitrogens with zero attached hydrogens (tertiary/aromatic N) is 5. The standard InChI is InChI=1S/C31H35N7O2/c1-36(2)27(21-11-5-3-6-12-21)31(40)38-18-10-16-26(38)29-33-20-24(35-29)23-19-32-28(34-23)25-15-9-17-37(25)30(39)22-13-7-4-8-14-22/h3-8,11-14,19-20,25-27H,9-10,15-18H2,1-2H3,(H,32,34)(H,33,35)/t25-,26-,27+/m0/s1. The Morgan fingerprint density at radius 2 is 1.32 bits per heavy atom. The fourth-order valence-corrected chi connectivity index (χ4v) is 6.10. The molecule has 9 nitrogen and oxygen atoms in total. The molecule has 2 aliphatic heterocycles. The number of likely N-dealkylation sites (tertiary alicyclic amines) is 2. The van der Waals surface area contributed by atoms with Gasteiger partial charge in [-0.05, 0) is 57.5 Å². The highest BCUT2D eigenvalue weighted by Gasteiger charge is 2.37. The van der Waals surface area contributed by atoms with Crippen molar-refractivity contribution in [3.63, 3.8) is 0 Å². The maximum Gasteiger partial charge on any atom is 0.254 e. The quantitative estimate of drug-likeness (QED) is 0.355. The summed E-state index contributed by atoms with van der Waals surface area (Å²) in [5, 5.41) is 0. The lowest BCUT2D eigenvalue weighted by molar-refractivity contribution is -0.137. The van der Waals surface area contributed by atoms with Gasteiger partial charge in [-0.2, -0.15) is 0 Å². The van der Waals surface area contributed by atoms with Crippen LogP contribution in [0.3, 0.4) is 0 Å². The zero-order valence-corrected chi connectivity index (χ0v) is 23.0. The molecule has 3 atom stereocenters. The summed E-state index contributed by atoms with van der Waals surface area (Å²) in [7, 11) is 3.89. The smallest absolute Gasteiger partial charge is 0.254 e. The first-order chi connectivity index (χ1) is 19.5. The number of carbonyl (C=O) groups is 2. The Hall–Kier alpha value is -4.24.